The summed E-state index contributed by atoms with van der Waals surface area (Å²) in [5.41, 5.74) is 1.07. The molecule has 0 aliphatic heterocycles. The molecule has 0 atom stereocenters. The quantitative estimate of drug-likeness (QED) is 0.262. The summed E-state index contributed by atoms with van der Waals surface area (Å²) in [4.78, 5) is 0. The molecule has 0 spiro atoms. The van der Waals surface area contributed by atoms with E-state index in [4.69, 9.17) is 4.74 Å². The maximum absolute atomic E-state index is 13.3. The Morgan fingerprint density at radius 3 is 2.30 bits per heavy atom. The number of ether oxygens (including phenoxy) is 1. The monoisotopic (exact) mass is 500 g/mol. The first-order valence-corrected chi connectivity index (χ1v) is 13.8. The molecule has 0 saturated carbocycles. The second-order valence-electron chi connectivity index (χ2n) is 7.64. The standard InChI is InChI=1S/C22H28BrF3N2OSi/c1-5-30(6-2,7-3)11-10-29-15-28-20(23)12-17(14-27)21(28)19-13-18(22(24,25)26)9-8-16(19)4/h8-9,12-13H,5-7,10-11,15H2,1-4H3. The molecule has 0 aliphatic carbocycles. The maximum atomic E-state index is 13.3. The van der Waals surface area contributed by atoms with Crippen molar-refractivity contribution in [3.8, 4) is 17.3 Å². The summed E-state index contributed by atoms with van der Waals surface area (Å²) in [6, 6.07) is 12.0. The largest absolute Gasteiger partial charge is 0.416 e. The average molecular weight is 501 g/mol. The molecule has 0 aliphatic rings. The summed E-state index contributed by atoms with van der Waals surface area (Å²) >= 11 is 3.44. The highest BCUT2D eigenvalue weighted by atomic mass is 79.9. The van der Waals surface area contributed by atoms with Crippen LogP contribution in [0.5, 0.6) is 0 Å². The summed E-state index contributed by atoms with van der Waals surface area (Å²) in [5.74, 6) is 0. The second-order valence-corrected chi connectivity index (χ2v) is 14.1. The fourth-order valence-electron chi connectivity index (χ4n) is 3.80. The van der Waals surface area contributed by atoms with Crippen LogP contribution in [-0.2, 0) is 17.6 Å². The first-order chi connectivity index (χ1) is 14.1. The summed E-state index contributed by atoms with van der Waals surface area (Å²) in [5, 5.41) is 9.57. The highest BCUT2D eigenvalue weighted by molar-refractivity contribution is 9.10. The predicted octanol–water partition coefficient (Wildman–Crippen LogP) is 7.60. The predicted molar refractivity (Wildman–Crippen MR) is 120 cm³/mol. The lowest BCUT2D eigenvalue weighted by atomic mass is 10.00. The van der Waals surface area contributed by atoms with Crippen molar-refractivity contribution in [1.82, 2.24) is 4.57 Å². The molecule has 3 nitrogen and oxygen atoms in total. The number of benzene rings is 1. The fraction of sp³-hybridized carbons (Fsp3) is 0.500. The van der Waals surface area contributed by atoms with Crippen molar-refractivity contribution in [2.24, 2.45) is 0 Å². The normalized spacial score (nSPS) is 12.2. The van der Waals surface area contributed by atoms with E-state index in [2.05, 4.69) is 42.8 Å². The van der Waals surface area contributed by atoms with Crippen molar-refractivity contribution in [2.45, 2.75) is 64.8 Å². The minimum atomic E-state index is -4.45. The van der Waals surface area contributed by atoms with E-state index in [0.29, 0.717) is 33.6 Å². The van der Waals surface area contributed by atoms with Gasteiger partial charge in [0, 0.05) is 12.2 Å². The molecule has 0 saturated heterocycles. The van der Waals surface area contributed by atoms with Gasteiger partial charge in [-0.3, -0.25) is 0 Å². The van der Waals surface area contributed by atoms with Crippen molar-refractivity contribution in [1.29, 1.82) is 5.26 Å². The topological polar surface area (TPSA) is 38.0 Å². The van der Waals surface area contributed by atoms with Crippen LogP contribution in [0.25, 0.3) is 11.3 Å². The third kappa shape index (κ3) is 5.37. The maximum Gasteiger partial charge on any atom is 0.416 e. The lowest BCUT2D eigenvalue weighted by Gasteiger charge is -2.28. The van der Waals surface area contributed by atoms with E-state index in [1.807, 2.05) is 0 Å². The van der Waals surface area contributed by atoms with Gasteiger partial charge in [-0.2, -0.15) is 18.4 Å². The van der Waals surface area contributed by atoms with Crippen molar-refractivity contribution in [3.63, 3.8) is 0 Å². The smallest absolute Gasteiger partial charge is 0.361 e. The fourth-order valence-corrected chi connectivity index (χ4v) is 7.44. The zero-order chi connectivity index (χ0) is 22.5. The van der Waals surface area contributed by atoms with Gasteiger partial charge in [0.05, 0.1) is 29.5 Å². The molecule has 1 aromatic heterocycles. The van der Waals surface area contributed by atoms with Gasteiger partial charge in [-0.25, -0.2) is 0 Å². The van der Waals surface area contributed by atoms with Crippen molar-refractivity contribution >= 4 is 24.0 Å². The number of rotatable bonds is 9. The first-order valence-electron chi connectivity index (χ1n) is 10.2. The van der Waals surface area contributed by atoms with E-state index < -0.39 is 19.8 Å². The van der Waals surface area contributed by atoms with Gasteiger partial charge in [-0.05, 0) is 52.7 Å². The Labute approximate surface area is 186 Å². The van der Waals surface area contributed by atoms with Gasteiger partial charge in [0.2, 0.25) is 0 Å². The Kier molecular flexibility index (Phi) is 8.37. The summed E-state index contributed by atoms with van der Waals surface area (Å²) in [7, 11) is -1.31. The Morgan fingerprint density at radius 1 is 1.13 bits per heavy atom. The molecule has 0 N–H and O–H groups in total. The van der Waals surface area contributed by atoms with Crippen LogP contribution in [0.3, 0.4) is 0 Å². The number of hydrogen-bond acceptors (Lipinski definition) is 2. The molecule has 0 unspecified atom stereocenters. The SMILES string of the molecule is CC[Si](CC)(CC)CCOCn1c(Br)cc(C#N)c1-c1cc(C(F)(F)F)ccc1C. The summed E-state index contributed by atoms with van der Waals surface area (Å²) < 4.78 is 48.1. The van der Waals surface area contributed by atoms with Gasteiger partial charge < -0.3 is 9.30 Å². The molecule has 30 heavy (non-hydrogen) atoms. The molecule has 0 amide bonds. The zero-order valence-electron chi connectivity index (χ0n) is 17.9. The van der Waals surface area contributed by atoms with Crippen molar-refractivity contribution in [3.05, 3.63) is 45.6 Å². The van der Waals surface area contributed by atoms with Gasteiger partial charge >= 0.3 is 6.18 Å². The van der Waals surface area contributed by atoms with Crippen LogP contribution in [0.4, 0.5) is 13.2 Å². The van der Waals surface area contributed by atoms with Gasteiger partial charge in [0.1, 0.15) is 12.8 Å². The highest BCUT2D eigenvalue weighted by Gasteiger charge is 2.32. The Hall–Kier alpha value is -1.56. The lowest BCUT2D eigenvalue weighted by Crippen LogP contribution is -2.32. The van der Waals surface area contributed by atoms with Crippen molar-refractivity contribution < 1.29 is 17.9 Å². The van der Waals surface area contributed by atoms with Gasteiger partial charge in [0.25, 0.3) is 0 Å². The Morgan fingerprint density at radius 2 is 1.77 bits per heavy atom. The van der Waals surface area contributed by atoms with E-state index in [-0.39, 0.29) is 6.73 Å². The molecule has 2 rings (SSSR count). The zero-order valence-corrected chi connectivity index (χ0v) is 20.5. The molecular formula is C22H28BrF3N2OSi. The van der Waals surface area contributed by atoms with E-state index in [1.165, 1.54) is 24.2 Å². The van der Waals surface area contributed by atoms with Gasteiger partial charge in [-0.1, -0.05) is 45.0 Å². The van der Waals surface area contributed by atoms with E-state index in [9.17, 15) is 18.4 Å². The van der Waals surface area contributed by atoms with Gasteiger partial charge in [-0.15, -0.1) is 0 Å². The summed E-state index contributed by atoms with van der Waals surface area (Å²) in [6.07, 6.45) is -4.45. The van der Waals surface area contributed by atoms with Gasteiger partial charge in [0.15, 0.2) is 0 Å². The first kappa shape index (κ1) is 24.7. The van der Waals surface area contributed by atoms with Crippen LogP contribution >= 0.6 is 15.9 Å². The number of hydrogen-bond donors (Lipinski definition) is 0. The number of nitriles is 1. The number of alkyl halides is 3. The van der Waals surface area contributed by atoms with Crippen LogP contribution in [0.1, 0.15) is 37.5 Å². The van der Waals surface area contributed by atoms with E-state index in [0.717, 1.165) is 18.2 Å². The number of halogens is 4. The molecule has 1 aromatic carbocycles. The minimum Gasteiger partial charge on any atom is -0.361 e. The molecule has 1 heterocycles. The Bertz CT molecular complexity index is 906. The van der Waals surface area contributed by atoms with Crippen LogP contribution < -0.4 is 0 Å². The van der Waals surface area contributed by atoms with E-state index >= 15 is 0 Å². The lowest BCUT2D eigenvalue weighted by molar-refractivity contribution is -0.137. The van der Waals surface area contributed by atoms with Crippen LogP contribution in [0.2, 0.25) is 24.2 Å². The number of nitrogens with zero attached hydrogens (tertiary/aromatic N) is 2. The molecule has 0 radical (unpaired) electrons. The van der Waals surface area contributed by atoms with Crippen LogP contribution in [0, 0.1) is 18.3 Å². The van der Waals surface area contributed by atoms with Crippen molar-refractivity contribution in [2.75, 3.05) is 6.61 Å². The molecule has 8 heteroatoms. The second kappa shape index (κ2) is 10.2. The number of aromatic nitrogens is 1. The molecule has 0 bridgehead atoms. The third-order valence-electron chi connectivity index (χ3n) is 6.23. The minimum absolute atomic E-state index is 0.176. The van der Waals surface area contributed by atoms with Crippen LogP contribution in [-0.4, -0.2) is 19.2 Å². The third-order valence-corrected chi connectivity index (χ3v) is 12.7. The molecular weight excluding hydrogens is 473 g/mol. The molecule has 2 aromatic rings. The Balaban J connectivity index is 2.35. The number of aryl methyl sites for hydroxylation is 1. The average Bonchev–Trinajstić information content (AvgIpc) is 3.03. The van der Waals surface area contributed by atoms with E-state index in [1.54, 1.807) is 17.6 Å². The summed E-state index contributed by atoms with van der Waals surface area (Å²) in [6.45, 7) is 9.26. The molecule has 0 fully saturated rings. The molecule has 164 valence electrons. The highest BCUT2D eigenvalue weighted by Crippen LogP contribution is 2.37. The van der Waals surface area contributed by atoms with Crippen LogP contribution in [0.15, 0.2) is 28.9 Å².